The van der Waals surface area contributed by atoms with E-state index in [1.54, 1.807) is 4.90 Å². The molecule has 2 N–H and O–H groups in total. The average molecular weight is 390 g/mol. The summed E-state index contributed by atoms with van der Waals surface area (Å²) in [5.41, 5.74) is 0.973. The van der Waals surface area contributed by atoms with E-state index in [1.165, 1.54) is 6.92 Å². The van der Waals surface area contributed by atoms with Crippen molar-refractivity contribution in [1.29, 1.82) is 0 Å². The van der Waals surface area contributed by atoms with Crippen molar-refractivity contribution < 1.29 is 14.4 Å². The zero-order valence-electron chi connectivity index (χ0n) is 17.8. The van der Waals surface area contributed by atoms with Crippen LogP contribution in [0.15, 0.2) is 30.3 Å². The number of nitrogens with zero attached hydrogens (tertiary/aromatic N) is 1. The van der Waals surface area contributed by atoms with Crippen LogP contribution in [0.5, 0.6) is 0 Å². The molecule has 0 radical (unpaired) electrons. The zero-order valence-corrected chi connectivity index (χ0v) is 17.8. The van der Waals surface area contributed by atoms with Crippen molar-refractivity contribution in [3.05, 3.63) is 35.9 Å². The first-order valence-electron chi connectivity index (χ1n) is 10.1. The second kappa shape index (κ2) is 12.2. The van der Waals surface area contributed by atoms with E-state index < -0.39 is 6.04 Å². The molecule has 0 aliphatic carbocycles. The smallest absolute Gasteiger partial charge is 0.243 e. The molecule has 6 heteroatoms. The maximum absolute atomic E-state index is 12.8. The largest absolute Gasteiger partial charge is 0.356 e. The molecular weight excluding hydrogens is 354 g/mol. The summed E-state index contributed by atoms with van der Waals surface area (Å²) in [6.45, 7) is 10.8. The number of carbonyl (C=O) groups excluding carboxylic acids is 3. The number of carbonyl (C=O) groups is 3. The minimum Gasteiger partial charge on any atom is -0.356 e. The van der Waals surface area contributed by atoms with Crippen LogP contribution in [-0.4, -0.2) is 41.8 Å². The summed E-state index contributed by atoms with van der Waals surface area (Å²) in [7, 11) is 0. The van der Waals surface area contributed by atoms with Gasteiger partial charge in [0.15, 0.2) is 0 Å². The van der Waals surface area contributed by atoms with Crippen LogP contribution in [0.4, 0.5) is 0 Å². The summed E-state index contributed by atoms with van der Waals surface area (Å²) in [6.07, 6.45) is 1.16. The molecule has 1 unspecified atom stereocenters. The van der Waals surface area contributed by atoms with Crippen LogP contribution in [0.2, 0.25) is 0 Å². The molecule has 156 valence electrons. The summed E-state index contributed by atoms with van der Waals surface area (Å²) < 4.78 is 0. The second-order valence-electron chi connectivity index (χ2n) is 7.89. The van der Waals surface area contributed by atoms with Crippen LogP contribution >= 0.6 is 0 Å². The van der Waals surface area contributed by atoms with Crippen LogP contribution in [0.3, 0.4) is 0 Å². The number of rotatable bonds is 11. The van der Waals surface area contributed by atoms with Crippen molar-refractivity contribution in [3.63, 3.8) is 0 Å². The Kier molecular flexibility index (Phi) is 10.3. The maximum atomic E-state index is 12.8. The molecule has 6 nitrogen and oxygen atoms in total. The van der Waals surface area contributed by atoms with Gasteiger partial charge in [-0.1, -0.05) is 58.0 Å². The minimum atomic E-state index is -0.582. The Balaban J connectivity index is 2.63. The van der Waals surface area contributed by atoms with E-state index in [9.17, 15) is 14.4 Å². The Morgan fingerprint density at radius 3 is 2.14 bits per heavy atom. The molecule has 0 aliphatic heterocycles. The lowest BCUT2D eigenvalue weighted by Crippen LogP contribution is -2.51. The van der Waals surface area contributed by atoms with Crippen molar-refractivity contribution in [1.82, 2.24) is 15.5 Å². The molecule has 0 aliphatic rings. The zero-order chi connectivity index (χ0) is 21.1. The predicted octanol–water partition coefficient (Wildman–Crippen LogP) is 2.73. The Bertz CT molecular complexity index is 629. The highest BCUT2D eigenvalue weighted by atomic mass is 16.2. The highest BCUT2D eigenvalue weighted by molar-refractivity contribution is 5.87. The molecule has 1 aromatic carbocycles. The first-order chi connectivity index (χ1) is 13.2. The van der Waals surface area contributed by atoms with E-state index in [1.807, 2.05) is 44.2 Å². The Morgan fingerprint density at radius 2 is 1.61 bits per heavy atom. The quantitative estimate of drug-likeness (QED) is 0.611. The molecule has 0 bridgehead atoms. The molecule has 1 rings (SSSR count). The van der Waals surface area contributed by atoms with Crippen molar-refractivity contribution in [2.45, 2.75) is 60.0 Å². The minimum absolute atomic E-state index is 0.0486. The normalized spacial score (nSPS) is 12.0. The van der Waals surface area contributed by atoms with Gasteiger partial charge in [-0.05, 0) is 23.8 Å². The molecule has 0 spiro atoms. The SMILES string of the molecule is CC(=O)N(Cc1ccccc1)C(C(=O)NCCC(=O)NCCC(C)C)C(C)C. The Morgan fingerprint density at radius 1 is 0.964 bits per heavy atom. The molecule has 1 atom stereocenters. The van der Waals surface area contributed by atoms with Gasteiger partial charge >= 0.3 is 0 Å². The first-order valence-corrected chi connectivity index (χ1v) is 10.1. The molecule has 0 aromatic heterocycles. The van der Waals surface area contributed by atoms with Crippen molar-refractivity contribution >= 4 is 17.7 Å². The van der Waals surface area contributed by atoms with Gasteiger partial charge in [0.2, 0.25) is 17.7 Å². The van der Waals surface area contributed by atoms with E-state index in [0.29, 0.717) is 19.0 Å². The molecule has 0 saturated carbocycles. The van der Waals surface area contributed by atoms with Gasteiger partial charge in [0.1, 0.15) is 6.04 Å². The summed E-state index contributed by atoms with van der Waals surface area (Å²) in [5.74, 6) is 0.0384. The second-order valence-corrected chi connectivity index (χ2v) is 7.89. The molecule has 0 heterocycles. The Labute approximate surface area is 169 Å². The van der Waals surface area contributed by atoms with Crippen LogP contribution in [-0.2, 0) is 20.9 Å². The van der Waals surface area contributed by atoms with E-state index in [4.69, 9.17) is 0 Å². The Hall–Kier alpha value is -2.37. The number of hydrogen-bond acceptors (Lipinski definition) is 3. The van der Waals surface area contributed by atoms with Crippen LogP contribution in [0.25, 0.3) is 0 Å². The summed E-state index contributed by atoms with van der Waals surface area (Å²) in [6, 6.07) is 9.04. The predicted molar refractivity (Wildman–Crippen MR) is 111 cm³/mol. The number of amides is 3. The molecule has 0 fully saturated rings. The van der Waals surface area contributed by atoms with E-state index in [0.717, 1.165) is 12.0 Å². The third-order valence-electron chi connectivity index (χ3n) is 4.53. The van der Waals surface area contributed by atoms with Gasteiger partial charge in [0.25, 0.3) is 0 Å². The molecule has 0 saturated heterocycles. The monoisotopic (exact) mass is 389 g/mol. The van der Waals surface area contributed by atoms with Crippen molar-refractivity contribution in [2.24, 2.45) is 11.8 Å². The van der Waals surface area contributed by atoms with Crippen molar-refractivity contribution in [2.75, 3.05) is 13.1 Å². The van der Waals surface area contributed by atoms with Gasteiger partial charge in [-0.15, -0.1) is 0 Å². The van der Waals surface area contributed by atoms with Gasteiger partial charge < -0.3 is 15.5 Å². The summed E-state index contributed by atoms with van der Waals surface area (Å²) in [5, 5.41) is 5.68. The number of hydrogen-bond donors (Lipinski definition) is 2. The van der Waals surface area contributed by atoms with Crippen LogP contribution in [0.1, 0.15) is 53.0 Å². The van der Waals surface area contributed by atoms with Gasteiger partial charge in [-0.3, -0.25) is 14.4 Å². The fourth-order valence-corrected chi connectivity index (χ4v) is 2.98. The average Bonchev–Trinajstić information content (AvgIpc) is 2.61. The number of nitrogens with one attached hydrogen (secondary N) is 2. The van der Waals surface area contributed by atoms with Gasteiger partial charge in [-0.25, -0.2) is 0 Å². The highest BCUT2D eigenvalue weighted by Gasteiger charge is 2.30. The van der Waals surface area contributed by atoms with Gasteiger partial charge in [-0.2, -0.15) is 0 Å². The lowest BCUT2D eigenvalue weighted by molar-refractivity contribution is -0.141. The topological polar surface area (TPSA) is 78.5 Å². The fourth-order valence-electron chi connectivity index (χ4n) is 2.98. The summed E-state index contributed by atoms with van der Waals surface area (Å²) >= 11 is 0. The molecule has 1 aromatic rings. The summed E-state index contributed by atoms with van der Waals surface area (Å²) in [4.78, 5) is 38.5. The molecular formula is C22H35N3O3. The third-order valence-corrected chi connectivity index (χ3v) is 4.53. The fraction of sp³-hybridized carbons (Fsp3) is 0.591. The van der Waals surface area contributed by atoms with E-state index in [-0.39, 0.29) is 36.6 Å². The van der Waals surface area contributed by atoms with Crippen LogP contribution in [0, 0.1) is 11.8 Å². The maximum Gasteiger partial charge on any atom is 0.243 e. The van der Waals surface area contributed by atoms with E-state index in [2.05, 4.69) is 24.5 Å². The van der Waals surface area contributed by atoms with E-state index >= 15 is 0 Å². The van der Waals surface area contributed by atoms with Crippen molar-refractivity contribution in [3.8, 4) is 0 Å². The number of benzene rings is 1. The molecule has 28 heavy (non-hydrogen) atoms. The molecule has 3 amide bonds. The lowest BCUT2D eigenvalue weighted by atomic mass is 10.0. The first kappa shape index (κ1) is 23.7. The third kappa shape index (κ3) is 8.55. The highest BCUT2D eigenvalue weighted by Crippen LogP contribution is 2.16. The lowest BCUT2D eigenvalue weighted by Gasteiger charge is -2.33. The van der Waals surface area contributed by atoms with Gasteiger partial charge in [0.05, 0.1) is 0 Å². The van der Waals surface area contributed by atoms with Crippen LogP contribution < -0.4 is 10.6 Å². The van der Waals surface area contributed by atoms with Gasteiger partial charge in [0, 0.05) is 33.0 Å². The standard InChI is InChI=1S/C22H35N3O3/c1-16(2)11-13-23-20(27)12-14-24-22(28)21(17(3)4)25(18(5)26)15-19-9-7-6-8-10-19/h6-10,16-17,21H,11-15H2,1-5H3,(H,23,27)(H,24,28).